The predicted octanol–water partition coefficient (Wildman–Crippen LogP) is 3.29. The van der Waals surface area contributed by atoms with Crippen molar-refractivity contribution in [1.29, 1.82) is 0 Å². The molecule has 24 heavy (non-hydrogen) atoms. The number of carbonyl (C=O) groups excluding carboxylic acids is 1. The van der Waals surface area contributed by atoms with Crippen molar-refractivity contribution in [2.75, 3.05) is 5.32 Å². The van der Waals surface area contributed by atoms with Gasteiger partial charge in [-0.1, -0.05) is 6.07 Å². The summed E-state index contributed by atoms with van der Waals surface area (Å²) >= 11 is 0. The molecule has 5 nitrogen and oxygen atoms in total. The number of nitrogens with zero attached hydrogens (tertiary/aromatic N) is 2. The number of rotatable bonds is 5. The van der Waals surface area contributed by atoms with E-state index in [0.717, 1.165) is 5.56 Å². The first kappa shape index (κ1) is 15.6. The second-order valence-corrected chi connectivity index (χ2v) is 5.14. The quantitative estimate of drug-likeness (QED) is 0.756. The van der Waals surface area contributed by atoms with Crippen molar-refractivity contribution in [3.63, 3.8) is 0 Å². The van der Waals surface area contributed by atoms with Crippen LogP contribution in [0.5, 0.6) is 0 Å². The summed E-state index contributed by atoms with van der Waals surface area (Å²) in [5.41, 5.74) is 2.58. The van der Waals surface area contributed by atoms with Crippen LogP contribution in [0.4, 0.5) is 15.8 Å². The zero-order valence-corrected chi connectivity index (χ0v) is 12.7. The van der Waals surface area contributed by atoms with Crippen molar-refractivity contribution in [3.8, 4) is 0 Å². The number of carbonyl (C=O) groups is 1. The van der Waals surface area contributed by atoms with Crippen molar-refractivity contribution >= 4 is 17.3 Å². The molecular formula is C18H15FN4O. The Morgan fingerprint density at radius 1 is 1.00 bits per heavy atom. The van der Waals surface area contributed by atoms with Gasteiger partial charge in [0.2, 0.25) is 0 Å². The monoisotopic (exact) mass is 322 g/mol. The Morgan fingerprint density at radius 2 is 1.83 bits per heavy atom. The molecule has 0 atom stereocenters. The summed E-state index contributed by atoms with van der Waals surface area (Å²) in [5, 5.41) is 5.84. The van der Waals surface area contributed by atoms with E-state index < -0.39 is 0 Å². The van der Waals surface area contributed by atoms with Gasteiger partial charge in [-0.15, -0.1) is 0 Å². The first-order valence-corrected chi connectivity index (χ1v) is 7.35. The number of benzene rings is 1. The van der Waals surface area contributed by atoms with Gasteiger partial charge in [0.15, 0.2) is 0 Å². The lowest BCUT2D eigenvalue weighted by atomic mass is 10.2. The minimum atomic E-state index is -0.334. The van der Waals surface area contributed by atoms with Gasteiger partial charge in [0.25, 0.3) is 5.91 Å². The molecule has 3 aromatic rings. The molecule has 2 heterocycles. The molecule has 0 bridgehead atoms. The lowest BCUT2D eigenvalue weighted by Gasteiger charge is -2.09. The van der Waals surface area contributed by atoms with Crippen LogP contribution >= 0.6 is 0 Å². The van der Waals surface area contributed by atoms with Gasteiger partial charge in [0, 0.05) is 30.8 Å². The molecule has 0 aliphatic carbocycles. The van der Waals surface area contributed by atoms with Crippen LogP contribution in [0.25, 0.3) is 0 Å². The highest BCUT2D eigenvalue weighted by atomic mass is 19.1. The van der Waals surface area contributed by atoms with E-state index in [1.807, 2.05) is 12.1 Å². The van der Waals surface area contributed by atoms with Gasteiger partial charge in [-0.25, -0.2) is 4.39 Å². The number of hydrogen-bond acceptors (Lipinski definition) is 4. The molecule has 0 saturated heterocycles. The lowest BCUT2D eigenvalue weighted by Crippen LogP contribution is -2.23. The first-order chi connectivity index (χ1) is 11.7. The Hall–Kier alpha value is -3.28. The molecule has 0 aliphatic rings. The van der Waals surface area contributed by atoms with Gasteiger partial charge in [0.05, 0.1) is 17.4 Å². The fraction of sp³-hybridized carbons (Fsp3) is 0.0556. The Bertz CT molecular complexity index is 839. The van der Waals surface area contributed by atoms with Gasteiger partial charge in [-0.3, -0.25) is 14.8 Å². The van der Waals surface area contributed by atoms with Gasteiger partial charge >= 0.3 is 0 Å². The molecule has 3 rings (SSSR count). The fourth-order valence-corrected chi connectivity index (χ4v) is 2.15. The second-order valence-electron chi connectivity index (χ2n) is 5.14. The maximum Gasteiger partial charge on any atom is 0.253 e. The number of nitrogens with one attached hydrogen (secondary N) is 2. The van der Waals surface area contributed by atoms with Crippen molar-refractivity contribution in [2.24, 2.45) is 0 Å². The van der Waals surface area contributed by atoms with E-state index in [-0.39, 0.29) is 11.7 Å². The van der Waals surface area contributed by atoms with Crippen molar-refractivity contribution in [2.45, 2.75) is 6.54 Å². The standard InChI is InChI=1S/C18H15FN4O/c19-15-2-1-3-16(9-15)23-17-8-14(11-21-12-17)18(24)22-10-13-4-6-20-7-5-13/h1-9,11-12,23H,10H2,(H,22,24). The smallest absolute Gasteiger partial charge is 0.253 e. The summed E-state index contributed by atoms with van der Waals surface area (Å²) in [5.74, 6) is -0.568. The molecular weight excluding hydrogens is 307 g/mol. The number of halogens is 1. The van der Waals surface area contributed by atoms with E-state index in [1.54, 1.807) is 36.8 Å². The van der Waals surface area contributed by atoms with E-state index in [2.05, 4.69) is 20.6 Å². The highest BCUT2D eigenvalue weighted by Crippen LogP contribution is 2.17. The van der Waals surface area contributed by atoms with E-state index in [0.29, 0.717) is 23.5 Å². The molecule has 0 radical (unpaired) electrons. The molecule has 2 aromatic heterocycles. The minimum Gasteiger partial charge on any atom is -0.354 e. The maximum absolute atomic E-state index is 13.2. The van der Waals surface area contributed by atoms with E-state index in [1.165, 1.54) is 18.3 Å². The molecule has 0 saturated carbocycles. The van der Waals surface area contributed by atoms with E-state index in [4.69, 9.17) is 0 Å². The summed E-state index contributed by atoms with van der Waals surface area (Å²) in [6.07, 6.45) is 6.41. The summed E-state index contributed by atoms with van der Waals surface area (Å²) in [4.78, 5) is 20.2. The molecule has 6 heteroatoms. The van der Waals surface area contributed by atoms with Gasteiger partial charge in [-0.05, 0) is 42.0 Å². The van der Waals surface area contributed by atoms with Crippen molar-refractivity contribution in [3.05, 3.63) is 84.2 Å². The van der Waals surface area contributed by atoms with Crippen LogP contribution < -0.4 is 10.6 Å². The fourth-order valence-electron chi connectivity index (χ4n) is 2.15. The molecule has 1 amide bonds. The van der Waals surface area contributed by atoms with Crippen molar-refractivity contribution in [1.82, 2.24) is 15.3 Å². The number of pyridine rings is 2. The van der Waals surface area contributed by atoms with E-state index in [9.17, 15) is 9.18 Å². The van der Waals surface area contributed by atoms with Crippen LogP contribution in [0.15, 0.2) is 67.3 Å². The Balaban J connectivity index is 1.67. The third-order valence-electron chi connectivity index (χ3n) is 3.32. The van der Waals surface area contributed by atoms with Crippen LogP contribution in [0, 0.1) is 5.82 Å². The van der Waals surface area contributed by atoms with Crippen LogP contribution in [-0.2, 0) is 6.54 Å². The lowest BCUT2D eigenvalue weighted by molar-refractivity contribution is 0.0950. The van der Waals surface area contributed by atoms with Gasteiger partial charge in [-0.2, -0.15) is 0 Å². The topological polar surface area (TPSA) is 66.9 Å². The van der Waals surface area contributed by atoms with Crippen LogP contribution in [0.1, 0.15) is 15.9 Å². The Kier molecular flexibility index (Phi) is 4.76. The molecule has 2 N–H and O–H groups in total. The summed E-state index contributed by atoms with van der Waals surface area (Å²) in [6, 6.07) is 11.4. The maximum atomic E-state index is 13.2. The number of hydrogen-bond donors (Lipinski definition) is 2. The van der Waals surface area contributed by atoms with Crippen LogP contribution in [0.2, 0.25) is 0 Å². The minimum absolute atomic E-state index is 0.234. The molecule has 0 spiro atoms. The zero-order chi connectivity index (χ0) is 16.8. The average Bonchev–Trinajstić information content (AvgIpc) is 2.61. The largest absolute Gasteiger partial charge is 0.354 e. The third kappa shape index (κ3) is 4.13. The number of aromatic nitrogens is 2. The molecule has 120 valence electrons. The third-order valence-corrected chi connectivity index (χ3v) is 3.32. The highest BCUT2D eigenvalue weighted by molar-refractivity contribution is 5.94. The molecule has 0 unspecified atom stereocenters. The van der Waals surface area contributed by atoms with Gasteiger partial charge in [0.1, 0.15) is 5.82 Å². The van der Waals surface area contributed by atoms with Crippen molar-refractivity contribution < 1.29 is 9.18 Å². The summed E-state index contributed by atoms with van der Waals surface area (Å²) < 4.78 is 13.2. The zero-order valence-electron chi connectivity index (χ0n) is 12.7. The number of amides is 1. The Labute approximate surface area is 138 Å². The van der Waals surface area contributed by atoms with E-state index >= 15 is 0 Å². The normalized spacial score (nSPS) is 10.2. The SMILES string of the molecule is O=C(NCc1ccncc1)c1cncc(Nc2cccc(F)c2)c1. The van der Waals surface area contributed by atoms with Crippen LogP contribution in [-0.4, -0.2) is 15.9 Å². The number of anilines is 2. The average molecular weight is 322 g/mol. The van der Waals surface area contributed by atoms with Gasteiger partial charge < -0.3 is 10.6 Å². The molecule has 0 aliphatic heterocycles. The first-order valence-electron chi connectivity index (χ1n) is 7.35. The summed E-state index contributed by atoms with van der Waals surface area (Å²) in [7, 11) is 0. The highest BCUT2D eigenvalue weighted by Gasteiger charge is 2.07. The molecule has 1 aromatic carbocycles. The molecule has 0 fully saturated rings. The summed E-state index contributed by atoms with van der Waals surface area (Å²) in [6.45, 7) is 0.406. The Morgan fingerprint density at radius 3 is 2.62 bits per heavy atom. The second kappa shape index (κ2) is 7.32. The van der Waals surface area contributed by atoms with Crippen LogP contribution in [0.3, 0.4) is 0 Å². The predicted molar refractivity (Wildman–Crippen MR) is 89.3 cm³/mol.